The molecule has 1 aromatic carbocycles. The average molecular weight is 316 g/mol. The zero-order valence-electron chi connectivity index (χ0n) is 12.2. The fraction of sp³-hybridized carbons (Fsp3) is 0.462. The van der Waals surface area contributed by atoms with Crippen LogP contribution in [0.4, 0.5) is 10.5 Å². The minimum Gasteiger partial charge on any atom is -0.444 e. The molecule has 0 saturated carbocycles. The molecular formula is C13H20N2O5S. The molecule has 1 aromatic rings. The molecule has 0 bridgehead atoms. The lowest BCUT2D eigenvalue weighted by atomic mass is 10.1. The van der Waals surface area contributed by atoms with Gasteiger partial charge < -0.3 is 10.1 Å². The highest BCUT2D eigenvalue weighted by Gasteiger charge is 2.15. The second-order valence-electron chi connectivity index (χ2n) is 5.45. The molecule has 3 N–H and O–H groups in total. The Morgan fingerprint density at radius 3 is 2.29 bits per heavy atom. The van der Waals surface area contributed by atoms with E-state index in [0.29, 0.717) is 13.0 Å². The maximum Gasteiger partial charge on any atom is 0.407 e. The number of alkyl carbamates (subject to hydrolysis) is 1. The highest BCUT2D eigenvalue weighted by atomic mass is 32.2. The molecular weight excluding hydrogens is 296 g/mol. The molecule has 0 spiro atoms. The van der Waals surface area contributed by atoms with Gasteiger partial charge in [-0.2, -0.15) is 8.42 Å². The molecule has 0 fully saturated rings. The number of nitrogens with one attached hydrogen (secondary N) is 2. The van der Waals surface area contributed by atoms with Gasteiger partial charge in [0.15, 0.2) is 0 Å². The molecule has 0 atom stereocenters. The van der Waals surface area contributed by atoms with Crippen molar-refractivity contribution in [2.75, 3.05) is 11.3 Å². The summed E-state index contributed by atoms with van der Waals surface area (Å²) >= 11 is 0. The van der Waals surface area contributed by atoms with Gasteiger partial charge in [0, 0.05) is 6.54 Å². The highest BCUT2D eigenvalue weighted by molar-refractivity contribution is 7.87. The molecule has 1 amide bonds. The number of rotatable bonds is 5. The first-order chi connectivity index (χ1) is 9.55. The van der Waals surface area contributed by atoms with Gasteiger partial charge in [0.25, 0.3) is 0 Å². The number of hydrogen-bond donors (Lipinski definition) is 3. The molecule has 0 heterocycles. The molecule has 0 radical (unpaired) electrons. The highest BCUT2D eigenvalue weighted by Crippen LogP contribution is 2.11. The summed E-state index contributed by atoms with van der Waals surface area (Å²) < 4.78 is 36.9. The molecule has 0 aliphatic carbocycles. The van der Waals surface area contributed by atoms with Crippen molar-refractivity contribution in [1.29, 1.82) is 0 Å². The van der Waals surface area contributed by atoms with E-state index in [1.807, 2.05) is 4.72 Å². The Morgan fingerprint density at radius 1 is 1.24 bits per heavy atom. The van der Waals surface area contributed by atoms with Crippen LogP contribution in [0.5, 0.6) is 0 Å². The smallest absolute Gasteiger partial charge is 0.407 e. The van der Waals surface area contributed by atoms with E-state index in [4.69, 9.17) is 9.29 Å². The Labute approximate surface area is 124 Å². The van der Waals surface area contributed by atoms with Gasteiger partial charge in [-0.15, -0.1) is 0 Å². The van der Waals surface area contributed by atoms with Gasteiger partial charge in [0.2, 0.25) is 0 Å². The molecule has 8 heteroatoms. The Morgan fingerprint density at radius 2 is 1.81 bits per heavy atom. The van der Waals surface area contributed by atoms with E-state index in [2.05, 4.69) is 5.32 Å². The van der Waals surface area contributed by atoms with Crippen LogP contribution >= 0.6 is 0 Å². The standard InChI is InChI=1S/C13H20N2O5S/c1-13(2,3)20-12(16)14-9-8-10-4-6-11(7-5-10)15-21(17,18)19/h4-7,15H,8-9H2,1-3H3,(H,14,16)(H,17,18,19). The second-order valence-corrected chi connectivity index (χ2v) is 6.61. The first kappa shape index (κ1) is 17.3. The van der Waals surface area contributed by atoms with Crippen LogP contribution in [0.25, 0.3) is 0 Å². The predicted octanol–water partition coefficient (Wildman–Crippen LogP) is 1.97. The summed E-state index contributed by atoms with van der Waals surface area (Å²) in [5.74, 6) is 0. The molecule has 0 aliphatic heterocycles. The fourth-order valence-electron chi connectivity index (χ4n) is 1.51. The fourth-order valence-corrected chi connectivity index (χ4v) is 1.95. The minimum atomic E-state index is -4.26. The third-order valence-electron chi connectivity index (χ3n) is 2.28. The largest absolute Gasteiger partial charge is 0.444 e. The predicted molar refractivity (Wildman–Crippen MR) is 79.6 cm³/mol. The van der Waals surface area contributed by atoms with E-state index in [9.17, 15) is 13.2 Å². The van der Waals surface area contributed by atoms with Crippen LogP contribution in [0.15, 0.2) is 24.3 Å². The normalized spacial score (nSPS) is 11.8. The molecule has 0 saturated heterocycles. The average Bonchev–Trinajstić information content (AvgIpc) is 2.27. The third kappa shape index (κ3) is 8.16. The zero-order valence-corrected chi connectivity index (χ0v) is 13.0. The first-order valence-electron chi connectivity index (χ1n) is 6.36. The molecule has 21 heavy (non-hydrogen) atoms. The van der Waals surface area contributed by atoms with Gasteiger partial charge in [-0.3, -0.25) is 9.27 Å². The summed E-state index contributed by atoms with van der Waals surface area (Å²) in [6.07, 6.45) is 0.0953. The number of amides is 1. The number of carbonyl (C=O) groups excluding carboxylic acids is 1. The molecule has 1 rings (SSSR count). The summed E-state index contributed by atoms with van der Waals surface area (Å²) in [5, 5.41) is 2.63. The van der Waals surface area contributed by atoms with E-state index in [0.717, 1.165) is 5.56 Å². The number of carbonyl (C=O) groups is 1. The van der Waals surface area contributed by atoms with E-state index in [1.165, 1.54) is 12.1 Å². The maximum atomic E-state index is 11.4. The summed E-state index contributed by atoms with van der Waals surface area (Å²) in [4.78, 5) is 11.4. The lowest BCUT2D eigenvalue weighted by Gasteiger charge is -2.19. The summed E-state index contributed by atoms with van der Waals surface area (Å²) in [6, 6.07) is 6.45. The van der Waals surface area contributed by atoms with Crippen LogP contribution in [0.1, 0.15) is 26.3 Å². The van der Waals surface area contributed by atoms with Crippen molar-refractivity contribution in [3.8, 4) is 0 Å². The Kier molecular flexibility index (Phi) is 5.56. The van der Waals surface area contributed by atoms with Gasteiger partial charge in [-0.05, 0) is 44.9 Å². The number of hydrogen-bond acceptors (Lipinski definition) is 4. The molecule has 7 nitrogen and oxygen atoms in total. The number of anilines is 1. The molecule has 0 aliphatic rings. The first-order valence-corrected chi connectivity index (χ1v) is 7.80. The van der Waals surface area contributed by atoms with Crippen LogP contribution in [0.2, 0.25) is 0 Å². The lowest BCUT2D eigenvalue weighted by molar-refractivity contribution is 0.0528. The van der Waals surface area contributed by atoms with Crippen LogP contribution in [0.3, 0.4) is 0 Å². The summed E-state index contributed by atoms with van der Waals surface area (Å²) in [6.45, 7) is 5.76. The van der Waals surface area contributed by atoms with Crippen molar-refractivity contribution in [2.24, 2.45) is 0 Å². The maximum absolute atomic E-state index is 11.4. The van der Waals surface area contributed by atoms with E-state index in [-0.39, 0.29) is 5.69 Å². The van der Waals surface area contributed by atoms with Crippen molar-refractivity contribution < 1.29 is 22.5 Å². The number of benzene rings is 1. The van der Waals surface area contributed by atoms with Gasteiger partial charge in [0.1, 0.15) is 5.60 Å². The van der Waals surface area contributed by atoms with E-state index in [1.54, 1.807) is 32.9 Å². The third-order valence-corrected chi connectivity index (χ3v) is 2.78. The van der Waals surface area contributed by atoms with Crippen molar-refractivity contribution in [3.63, 3.8) is 0 Å². The Balaban J connectivity index is 2.41. The second kappa shape index (κ2) is 6.77. The number of ether oxygens (including phenoxy) is 1. The van der Waals surface area contributed by atoms with Crippen molar-refractivity contribution in [3.05, 3.63) is 29.8 Å². The molecule has 0 aromatic heterocycles. The minimum absolute atomic E-state index is 0.265. The van der Waals surface area contributed by atoms with Crippen LogP contribution in [-0.4, -0.2) is 31.2 Å². The van der Waals surface area contributed by atoms with Crippen LogP contribution in [-0.2, 0) is 21.5 Å². The Bertz CT molecular complexity index is 576. The summed E-state index contributed by atoms with van der Waals surface area (Å²) in [5.41, 5.74) is 0.640. The van der Waals surface area contributed by atoms with Crippen LogP contribution in [0, 0.1) is 0 Å². The quantitative estimate of drug-likeness (QED) is 0.720. The summed E-state index contributed by atoms with van der Waals surface area (Å²) in [7, 11) is -4.26. The van der Waals surface area contributed by atoms with Crippen molar-refractivity contribution >= 4 is 22.1 Å². The molecule has 118 valence electrons. The van der Waals surface area contributed by atoms with E-state index < -0.39 is 22.0 Å². The van der Waals surface area contributed by atoms with Crippen LogP contribution < -0.4 is 10.0 Å². The van der Waals surface area contributed by atoms with Crippen molar-refractivity contribution in [1.82, 2.24) is 5.32 Å². The van der Waals surface area contributed by atoms with Gasteiger partial charge in [-0.1, -0.05) is 12.1 Å². The lowest BCUT2D eigenvalue weighted by Crippen LogP contribution is -2.33. The zero-order chi connectivity index (χ0) is 16.1. The van der Waals surface area contributed by atoms with Gasteiger partial charge in [-0.25, -0.2) is 4.79 Å². The van der Waals surface area contributed by atoms with Gasteiger partial charge >= 0.3 is 16.4 Å². The van der Waals surface area contributed by atoms with Crippen molar-refractivity contribution in [2.45, 2.75) is 32.8 Å². The van der Waals surface area contributed by atoms with E-state index >= 15 is 0 Å². The topological polar surface area (TPSA) is 105 Å². The SMILES string of the molecule is CC(C)(C)OC(=O)NCCc1ccc(NS(=O)(=O)O)cc1. The Hall–Kier alpha value is -1.80. The van der Waals surface area contributed by atoms with Gasteiger partial charge in [0.05, 0.1) is 5.69 Å². The monoisotopic (exact) mass is 316 g/mol. The molecule has 0 unspecified atom stereocenters.